The number of likely N-dealkylation sites (N-methyl/N-ethyl adjacent to an activating group) is 1. The number of thiazole rings is 1. The van der Waals surface area contributed by atoms with Gasteiger partial charge in [-0.1, -0.05) is 12.1 Å². The molecule has 0 radical (unpaired) electrons. The number of anilines is 1. The minimum atomic E-state index is -1.12. The summed E-state index contributed by atoms with van der Waals surface area (Å²) < 4.78 is 18.5. The summed E-state index contributed by atoms with van der Waals surface area (Å²) in [5.41, 5.74) is 6.11. The minimum Gasteiger partial charge on any atom is -0.459 e. The summed E-state index contributed by atoms with van der Waals surface area (Å²) in [6.45, 7) is 0. The van der Waals surface area contributed by atoms with Crippen molar-refractivity contribution in [3.63, 3.8) is 0 Å². The second-order valence-corrected chi connectivity index (χ2v) is 6.97. The van der Waals surface area contributed by atoms with Crippen molar-refractivity contribution in [2.45, 2.75) is 12.5 Å². The van der Waals surface area contributed by atoms with Gasteiger partial charge in [0.2, 0.25) is 11.8 Å². The lowest BCUT2D eigenvalue weighted by Gasteiger charge is -2.26. The molecule has 0 aliphatic carbocycles. The van der Waals surface area contributed by atoms with Gasteiger partial charge in [-0.15, -0.1) is 11.3 Å². The van der Waals surface area contributed by atoms with Crippen LogP contribution in [0, 0.1) is 5.82 Å². The van der Waals surface area contributed by atoms with E-state index in [2.05, 4.69) is 10.3 Å². The zero-order valence-electron chi connectivity index (χ0n) is 15.3. The number of aromatic nitrogens is 1. The number of hydrogen-bond acceptors (Lipinski definition) is 6. The largest absolute Gasteiger partial charge is 0.459 e. The first-order valence-corrected chi connectivity index (χ1v) is 9.33. The first-order valence-electron chi connectivity index (χ1n) is 8.45. The third-order valence-electron chi connectivity index (χ3n) is 4.06. The Balaban J connectivity index is 1.68. The van der Waals surface area contributed by atoms with Crippen LogP contribution in [-0.4, -0.2) is 34.7 Å². The number of nitrogens with one attached hydrogen (secondary N) is 1. The number of furan rings is 1. The minimum absolute atomic E-state index is 0.122. The van der Waals surface area contributed by atoms with Gasteiger partial charge in [0.25, 0.3) is 5.91 Å². The van der Waals surface area contributed by atoms with Gasteiger partial charge in [-0.2, -0.15) is 0 Å². The molecule has 3 N–H and O–H groups in total. The van der Waals surface area contributed by atoms with Crippen molar-refractivity contribution >= 4 is 34.2 Å². The van der Waals surface area contributed by atoms with E-state index in [1.807, 2.05) is 0 Å². The molecule has 8 nitrogen and oxygen atoms in total. The van der Waals surface area contributed by atoms with E-state index in [1.165, 1.54) is 37.6 Å². The number of amides is 3. The summed E-state index contributed by atoms with van der Waals surface area (Å²) in [5.74, 6) is -2.08. The van der Waals surface area contributed by atoms with E-state index in [1.54, 1.807) is 11.4 Å². The van der Waals surface area contributed by atoms with Crippen molar-refractivity contribution in [2.24, 2.45) is 5.73 Å². The van der Waals surface area contributed by atoms with Crippen LogP contribution in [0.5, 0.6) is 0 Å². The van der Waals surface area contributed by atoms with Gasteiger partial charge in [0, 0.05) is 12.4 Å². The molecule has 1 unspecified atom stereocenters. The van der Waals surface area contributed by atoms with Gasteiger partial charge in [-0.3, -0.25) is 19.7 Å². The summed E-state index contributed by atoms with van der Waals surface area (Å²) >= 11 is 1.15. The third kappa shape index (κ3) is 4.85. The number of primary amides is 1. The average molecular weight is 416 g/mol. The molecule has 1 atom stereocenters. The number of rotatable bonds is 7. The van der Waals surface area contributed by atoms with Gasteiger partial charge >= 0.3 is 0 Å². The van der Waals surface area contributed by atoms with Gasteiger partial charge in [-0.05, 0) is 29.8 Å². The van der Waals surface area contributed by atoms with Crippen LogP contribution in [0.15, 0.2) is 52.5 Å². The highest BCUT2D eigenvalue weighted by atomic mass is 32.1. The number of nitrogens with zero attached hydrogens (tertiary/aromatic N) is 2. The first-order chi connectivity index (χ1) is 13.8. The van der Waals surface area contributed by atoms with Crippen molar-refractivity contribution in [3.8, 4) is 0 Å². The molecule has 29 heavy (non-hydrogen) atoms. The molecule has 0 bridgehead atoms. The summed E-state index contributed by atoms with van der Waals surface area (Å²) in [4.78, 5) is 41.8. The SMILES string of the molecule is CN(C(=O)Cc1csc(NC(=O)c2ccco2)n1)C(C(N)=O)c1cccc(F)c1. The highest BCUT2D eigenvalue weighted by molar-refractivity contribution is 7.14. The Kier molecular flexibility index (Phi) is 6.03. The van der Waals surface area contributed by atoms with E-state index >= 15 is 0 Å². The van der Waals surface area contributed by atoms with Gasteiger partial charge in [0.15, 0.2) is 10.9 Å². The summed E-state index contributed by atoms with van der Waals surface area (Å²) in [6, 6.07) is 7.33. The van der Waals surface area contributed by atoms with E-state index in [4.69, 9.17) is 10.2 Å². The molecular weight excluding hydrogens is 399 g/mol. The number of carbonyl (C=O) groups is 3. The van der Waals surface area contributed by atoms with Crippen LogP contribution in [0.1, 0.15) is 27.9 Å². The number of benzene rings is 1. The Morgan fingerprint density at radius 2 is 2.10 bits per heavy atom. The Morgan fingerprint density at radius 1 is 1.31 bits per heavy atom. The van der Waals surface area contributed by atoms with Crippen LogP contribution in [0.2, 0.25) is 0 Å². The molecular formula is C19H17FN4O4S. The second-order valence-electron chi connectivity index (χ2n) is 6.12. The second kappa shape index (κ2) is 8.65. The molecule has 0 fully saturated rings. The van der Waals surface area contributed by atoms with E-state index in [9.17, 15) is 18.8 Å². The molecule has 10 heteroatoms. The average Bonchev–Trinajstić information content (AvgIpc) is 3.33. The normalized spacial score (nSPS) is 11.7. The van der Waals surface area contributed by atoms with Gasteiger partial charge in [0.1, 0.15) is 11.9 Å². The quantitative estimate of drug-likeness (QED) is 0.613. The summed E-state index contributed by atoms with van der Waals surface area (Å²) in [7, 11) is 1.41. The highest BCUT2D eigenvalue weighted by Gasteiger charge is 2.27. The Morgan fingerprint density at radius 3 is 2.76 bits per heavy atom. The van der Waals surface area contributed by atoms with Crippen molar-refractivity contribution in [1.82, 2.24) is 9.88 Å². The van der Waals surface area contributed by atoms with Crippen LogP contribution >= 0.6 is 11.3 Å². The van der Waals surface area contributed by atoms with E-state index < -0.39 is 29.6 Å². The molecule has 0 aliphatic rings. The van der Waals surface area contributed by atoms with Crippen LogP contribution in [-0.2, 0) is 16.0 Å². The molecule has 3 rings (SSSR count). The topological polar surface area (TPSA) is 119 Å². The Bertz CT molecular complexity index is 1030. The van der Waals surface area contributed by atoms with Crippen LogP contribution < -0.4 is 11.1 Å². The number of carbonyl (C=O) groups excluding carboxylic acids is 3. The van der Waals surface area contributed by atoms with Gasteiger partial charge in [-0.25, -0.2) is 9.37 Å². The molecule has 1 aromatic carbocycles. The lowest BCUT2D eigenvalue weighted by molar-refractivity contribution is -0.137. The maximum absolute atomic E-state index is 13.5. The predicted octanol–water partition coefficient (Wildman–Crippen LogP) is 2.36. The van der Waals surface area contributed by atoms with E-state index in [0.717, 1.165) is 22.3 Å². The van der Waals surface area contributed by atoms with E-state index in [0.29, 0.717) is 10.8 Å². The Hall–Kier alpha value is -3.53. The zero-order valence-corrected chi connectivity index (χ0v) is 16.1. The van der Waals surface area contributed by atoms with Crippen molar-refractivity contribution in [2.75, 3.05) is 12.4 Å². The zero-order chi connectivity index (χ0) is 21.0. The number of halogens is 1. The van der Waals surface area contributed by atoms with Crippen LogP contribution in [0.4, 0.5) is 9.52 Å². The molecule has 2 heterocycles. The maximum atomic E-state index is 13.5. The standard InChI is InChI=1S/C19H17FN4O4S/c1-24(16(17(21)26)11-4-2-5-12(20)8-11)15(25)9-13-10-29-19(22-13)23-18(27)14-6-3-7-28-14/h2-8,10,16H,9H2,1H3,(H2,21,26)(H,22,23,27). The van der Waals surface area contributed by atoms with Gasteiger partial charge < -0.3 is 15.1 Å². The number of nitrogens with two attached hydrogens (primary N) is 1. The molecule has 2 aromatic heterocycles. The third-order valence-corrected chi connectivity index (χ3v) is 4.87. The fourth-order valence-electron chi connectivity index (χ4n) is 2.69. The molecule has 0 aliphatic heterocycles. The summed E-state index contributed by atoms with van der Waals surface area (Å²) in [5, 5.41) is 4.49. The fraction of sp³-hybridized carbons (Fsp3) is 0.158. The van der Waals surface area contributed by atoms with Crippen molar-refractivity contribution in [3.05, 3.63) is 70.9 Å². The molecule has 3 aromatic rings. The van der Waals surface area contributed by atoms with Crippen molar-refractivity contribution in [1.29, 1.82) is 0 Å². The van der Waals surface area contributed by atoms with E-state index in [-0.39, 0.29) is 17.7 Å². The monoisotopic (exact) mass is 416 g/mol. The first kappa shape index (κ1) is 20.2. The molecule has 150 valence electrons. The highest BCUT2D eigenvalue weighted by Crippen LogP contribution is 2.22. The molecule has 0 saturated carbocycles. The molecule has 3 amide bonds. The number of hydrogen-bond donors (Lipinski definition) is 2. The predicted molar refractivity (Wildman–Crippen MR) is 104 cm³/mol. The van der Waals surface area contributed by atoms with Crippen LogP contribution in [0.25, 0.3) is 0 Å². The lowest BCUT2D eigenvalue weighted by atomic mass is 10.0. The maximum Gasteiger partial charge on any atom is 0.293 e. The molecule has 0 spiro atoms. The Labute approximate surface area is 169 Å². The smallest absolute Gasteiger partial charge is 0.293 e. The van der Waals surface area contributed by atoms with Gasteiger partial charge in [0.05, 0.1) is 18.4 Å². The summed E-state index contributed by atoms with van der Waals surface area (Å²) in [6.07, 6.45) is 1.26. The van der Waals surface area contributed by atoms with Crippen LogP contribution in [0.3, 0.4) is 0 Å². The fourth-order valence-corrected chi connectivity index (χ4v) is 3.40. The lowest BCUT2D eigenvalue weighted by Crippen LogP contribution is -2.40. The van der Waals surface area contributed by atoms with Crippen molar-refractivity contribution < 1.29 is 23.2 Å². The molecule has 0 saturated heterocycles.